The van der Waals surface area contributed by atoms with Crippen LogP contribution in [-0.4, -0.2) is 44.5 Å². The summed E-state index contributed by atoms with van der Waals surface area (Å²) in [7, 11) is 0. The van der Waals surface area contributed by atoms with E-state index in [9.17, 15) is 14.9 Å². The maximum absolute atomic E-state index is 13.3. The van der Waals surface area contributed by atoms with E-state index < -0.39 is 15.6 Å². The molecule has 1 aromatic rings. The third kappa shape index (κ3) is 2.03. The Bertz CT molecular complexity index is 793. The van der Waals surface area contributed by atoms with Gasteiger partial charge in [0.25, 0.3) is 0 Å². The Kier molecular flexibility index (Phi) is 4.13. The topological polar surface area (TPSA) is 70.4 Å². The van der Waals surface area contributed by atoms with Crippen LogP contribution in [-0.2, 0) is 14.3 Å². The monoisotopic (exact) mass is 392 g/mol. The molecule has 2 fully saturated rings. The minimum Gasteiger partial charge on any atom is -0.464 e. The molecule has 0 aliphatic carbocycles. The maximum Gasteiger partial charge on any atom is 0.335 e. The number of rotatable bonds is 3. The highest BCUT2D eigenvalue weighted by Gasteiger charge is 2.75. The second kappa shape index (κ2) is 6.08. The Labute approximate surface area is 158 Å². The molecule has 0 bridgehead atoms. The minimum absolute atomic E-state index is 0.121. The lowest BCUT2D eigenvalue weighted by Crippen LogP contribution is -2.62. The second-order valence-electron chi connectivity index (χ2n) is 5.99. The number of ether oxygens (including phenoxy) is 1. The van der Waals surface area contributed by atoms with Crippen LogP contribution in [0.3, 0.4) is 0 Å². The van der Waals surface area contributed by atoms with E-state index in [4.69, 9.17) is 4.74 Å². The Balaban J connectivity index is 1.97. The second-order valence-corrected chi connectivity index (χ2v) is 9.85. The highest BCUT2D eigenvalue weighted by atomic mass is 32.2. The predicted octanol–water partition coefficient (Wildman–Crippen LogP) is 2.96. The van der Waals surface area contributed by atoms with Crippen molar-refractivity contribution in [1.82, 2.24) is 4.90 Å². The molecule has 0 unspecified atom stereocenters. The number of carbonyl (C=O) groups excluding carboxylic acids is 2. The van der Waals surface area contributed by atoms with E-state index in [1.54, 1.807) is 48.0 Å². The first-order valence-corrected chi connectivity index (χ1v) is 10.9. The maximum atomic E-state index is 13.3. The molecule has 8 heteroatoms. The van der Waals surface area contributed by atoms with Gasteiger partial charge in [-0.15, -0.1) is 34.9 Å². The molecule has 5 nitrogen and oxygen atoms in total. The first kappa shape index (κ1) is 17.0. The van der Waals surface area contributed by atoms with Gasteiger partial charge in [-0.1, -0.05) is 6.07 Å². The van der Waals surface area contributed by atoms with Gasteiger partial charge in [-0.2, -0.15) is 5.26 Å². The summed E-state index contributed by atoms with van der Waals surface area (Å²) in [5.74, 6) is 0.847. The quantitative estimate of drug-likeness (QED) is 0.737. The van der Waals surface area contributed by atoms with E-state index in [2.05, 4.69) is 6.07 Å². The molecule has 1 aromatic heterocycles. The number of thiophene rings is 1. The van der Waals surface area contributed by atoms with Crippen LogP contribution in [0.15, 0.2) is 29.3 Å². The van der Waals surface area contributed by atoms with E-state index in [0.29, 0.717) is 5.57 Å². The van der Waals surface area contributed by atoms with Crippen molar-refractivity contribution >= 4 is 46.7 Å². The molecular weight excluding hydrogens is 376 g/mol. The zero-order chi connectivity index (χ0) is 17.7. The molecule has 0 N–H and O–H groups in total. The fraction of sp³-hybridized carbons (Fsp3) is 0.471. The van der Waals surface area contributed by atoms with Gasteiger partial charge in [-0.25, -0.2) is 4.79 Å². The van der Waals surface area contributed by atoms with Crippen LogP contribution in [0.1, 0.15) is 24.1 Å². The molecule has 2 saturated heterocycles. The van der Waals surface area contributed by atoms with Crippen molar-refractivity contribution in [2.45, 2.75) is 28.9 Å². The van der Waals surface area contributed by atoms with Crippen molar-refractivity contribution in [1.29, 1.82) is 5.26 Å². The lowest BCUT2D eigenvalue weighted by molar-refractivity contribution is -0.157. The van der Waals surface area contributed by atoms with Crippen LogP contribution in [0, 0.1) is 11.3 Å². The molecule has 1 amide bonds. The van der Waals surface area contributed by atoms with Gasteiger partial charge in [0.2, 0.25) is 5.91 Å². The highest BCUT2D eigenvalue weighted by molar-refractivity contribution is 8.21. The number of hydrogen-bond acceptors (Lipinski definition) is 7. The number of esters is 1. The number of hydrogen-bond donors (Lipinski definition) is 0. The van der Waals surface area contributed by atoms with Crippen molar-refractivity contribution in [3.63, 3.8) is 0 Å². The summed E-state index contributed by atoms with van der Waals surface area (Å²) in [6.45, 7) is 2.01. The molecular formula is C17H16N2O3S3. The molecule has 0 radical (unpaired) electrons. The zero-order valence-electron chi connectivity index (χ0n) is 13.6. The van der Waals surface area contributed by atoms with Crippen molar-refractivity contribution in [3.8, 4) is 6.07 Å². The van der Waals surface area contributed by atoms with Gasteiger partial charge in [0.15, 0.2) is 5.54 Å². The first-order valence-electron chi connectivity index (χ1n) is 8.05. The van der Waals surface area contributed by atoms with Crippen LogP contribution < -0.4 is 0 Å². The zero-order valence-corrected chi connectivity index (χ0v) is 16.0. The van der Waals surface area contributed by atoms with Gasteiger partial charge in [-0.3, -0.25) is 9.69 Å². The standard InChI is InChI=1S/C17H16N2O3S3/c1-2-22-15(21)16-12(13-4-3-5-23-13)8-14(20)19(16)10-11(9-18)17(16)24-6-7-25-17/h3-5,10,12H,2,6-8H2,1H3/t12-,16-/m0/s1. The lowest BCUT2D eigenvalue weighted by atomic mass is 9.79. The number of amides is 1. The summed E-state index contributed by atoms with van der Waals surface area (Å²) in [6, 6.07) is 6.15. The molecule has 1 spiro atoms. The Hall–Kier alpha value is -1.43. The summed E-state index contributed by atoms with van der Waals surface area (Å²) < 4.78 is 4.71. The van der Waals surface area contributed by atoms with Gasteiger partial charge in [0.05, 0.1) is 18.2 Å². The van der Waals surface area contributed by atoms with Crippen molar-refractivity contribution in [3.05, 3.63) is 34.2 Å². The summed E-state index contributed by atoms with van der Waals surface area (Å²) in [6.07, 6.45) is 1.86. The van der Waals surface area contributed by atoms with E-state index in [0.717, 1.165) is 16.4 Å². The van der Waals surface area contributed by atoms with Crippen LogP contribution in [0.5, 0.6) is 0 Å². The number of nitrogens with zero attached hydrogens (tertiary/aromatic N) is 2. The largest absolute Gasteiger partial charge is 0.464 e. The van der Waals surface area contributed by atoms with Crippen molar-refractivity contribution in [2.75, 3.05) is 18.1 Å². The average Bonchev–Trinajstić information content (AvgIpc) is 3.36. The van der Waals surface area contributed by atoms with E-state index in [-0.39, 0.29) is 24.9 Å². The van der Waals surface area contributed by atoms with E-state index in [1.165, 1.54) is 4.90 Å². The van der Waals surface area contributed by atoms with Crippen molar-refractivity contribution < 1.29 is 14.3 Å². The number of nitriles is 1. The molecule has 3 aliphatic heterocycles. The molecule has 4 rings (SSSR count). The van der Waals surface area contributed by atoms with Gasteiger partial charge >= 0.3 is 5.97 Å². The lowest BCUT2D eigenvalue weighted by Gasteiger charge is -2.44. The van der Waals surface area contributed by atoms with Crippen LogP contribution in [0.4, 0.5) is 0 Å². The SMILES string of the molecule is CCOC(=O)[C@]12[C@H](c3cccs3)CC(=O)N1C=C(C#N)C21SCCS1. The van der Waals surface area contributed by atoms with Gasteiger partial charge < -0.3 is 4.74 Å². The summed E-state index contributed by atoms with van der Waals surface area (Å²) in [4.78, 5) is 28.7. The summed E-state index contributed by atoms with van der Waals surface area (Å²) in [5.41, 5.74) is -0.690. The fourth-order valence-corrected chi connectivity index (χ4v) is 8.63. The van der Waals surface area contributed by atoms with Gasteiger partial charge in [0.1, 0.15) is 4.08 Å². The Morgan fingerprint density at radius 3 is 2.84 bits per heavy atom. The van der Waals surface area contributed by atoms with Gasteiger partial charge in [0, 0.05) is 34.9 Å². The van der Waals surface area contributed by atoms with E-state index >= 15 is 0 Å². The third-order valence-electron chi connectivity index (χ3n) is 4.93. The number of carbonyl (C=O) groups is 2. The van der Waals surface area contributed by atoms with Crippen molar-refractivity contribution in [2.24, 2.45) is 0 Å². The smallest absolute Gasteiger partial charge is 0.335 e. The number of fused-ring (bicyclic) bond motifs is 2. The summed E-state index contributed by atoms with van der Waals surface area (Å²) in [5, 5.41) is 11.7. The van der Waals surface area contributed by atoms with Crippen LogP contribution >= 0.6 is 34.9 Å². The Morgan fingerprint density at radius 1 is 1.48 bits per heavy atom. The fourth-order valence-electron chi connectivity index (χ4n) is 4.07. The summed E-state index contributed by atoms with van der Waals surface area (Å²) >= 11 is 4.74. The third-order valence-corrected chi connectivity index (χ3v) is 9.58. The van der Waals surface area contributed by atoms with Gasteiger partial charge in [-0.05, 0) is 18.4 Å². The molecule has 2 atom stereocenters. The van der Waals surface area contributed by atoms with Crippen LogP contribution in [0.2, 0.25) is 0 Å². The Morgan fingerprint density at radius 2 is 2.24 bits per heavy atom. The molecule has 4 heterocycles. The predicted molar refractivity (Wildman–Crippen MR) is 99.2 cm³/mol. The van der Waals surface area contributed by atoms with E-state index in [1.807, 2.05) is 17.5 Å². The molecule has 0 aromatic carbocycles. The molecule has 3 aliphatic rings. The normalized spacial score (nSPS) is 29.6. The average molecular weight is 393 g/mol. The molecule has 0 saturated carbocycles. The van der Waals surface area contributed by atoms with Crippen LogP contribution in [0.25, 0.3) is 0 Å². The minimum atomic E-state index is -1.18. The highest BCUT2D eigenvalue weighted by Crippen LogP contribution is 2.67. The molecule has 25 heavy (non-hydrogen) atoms. The first-order chi connectivity index (χ1) is 12.1. The molecule has 130 valence electrons. The number of thioether (sulfide) groups is 2.